The van der Waals surface area contributed by atoms with Crippen LogP contribution in [0.4, 0.5) is 0 Å². The number of likely N-dealkylation sites (tertiary alicyclic amines) is 1. The molecule has 1 atom stereocenters. The van der Waals surface area contributed by atoms with Crippen LogP contribution in [0.15, 0.2) is 24.3 Å². The van der Waals surface area contributed by atoms with Crippen LogP contribution >= 0.6 is 0 Å². The summed E-state index contributed by atoms with van der Waals surface area (Å²) < 4.78 is 16.0. The van der Waals surface area contributed by atoms with Gasteiger partial charge in [0.2, 0.25) is 0 Å². The van der Waals surface area contributed by atoms with Gasteiger partial charge in [0.25, 0.3) is 5.91 Å². The van der Waals surface area contributed by atoms with Crippen molar-refractivity contribution in [2.24, 2.45) is 0 Å². The van der Waals surface area contributed by atoms with Crippen molar-refractivity contribution in [3.63, 3.8) is 0 Å². The van der Waals surface area contributed by atoms with E-state index in [1.807, 2.05) is 20.8 Å². The van der Waals surface area contributed by atoms with E-state index >= 15 is 0 Å². The summed E-state index contributed by atoms with van der Waals surface area (Å²) in [6.45, 7) is 5.90. The molecule has 1 fully saturated rings. The van der Waals surface area contributed by atoms with E-state index in [9.17, 15) is 9.59 Å². The first-order chi connectivity index (χ1) is 11.3. The van der Waals surface area contributed by atoms with E-state index in [1.165, 1.54) is 0 Å². The molecular weight excluding hydrogens is 310 g/mol. The molecule has 1 saturated heterocycles. The maximum Gasteiger partial charge on any atom is 0.329 e. The number of amides is 1. The number of carbonyl (C=O) groups is 2. The molecule has 1 amide bonds. The van der Waals surface area contributed by atoms with Gasteiger partial charge in [-0.05, 0) is 57.9 Å². The fraction of sp³-hybridized carbons (Fsp3) is 0.556. The summed E-state index contributed by atoms with van der Waals surface area (Å²) >= 11 is 0. The second-order valence-corrected chi connectivity index (χ2v) is 6.74. The summed E-state index contributed by atoms with van der Waals surface area (Å²) in [6.07, 6.45) is 1.42. The van der Waals surface area contributed by atoms with E-state index < -0.39 is 11.6 Å². The molecular formula is C18H25NO5. The topological polar surface area (TPSA) is 65.1 Å². The normalized spacial score (nSPS) is 17.5. The van der Waals surface area contributed by atoms with Crippen LogP contribution in [0.25, 0.3) is 0 Å². The Morgan fingerprint density at radius 2 is 1.79 bits per heavy atom. The Labute approximate surface area is 142 Å². The lowest BCUT2D eigenvalue weighted by atomic mass is 10.1. The number of carbonyl (C=O) groups excluding carboxylic acids is 2. The zero-order valence-corrected chi connectivity index (χ0v) is 14.7. The first-order valence-electron chi connectivity index (χ1n) is 8.09. The molecule has 0 unspecified atom stereocenters. The Morgan fingerprint density at radius 3 is 2.38 bits per heavy atom. The van der Waals surface area contributed by atoms with Crippen LogP contribution < -0.4 is 9.47 Å². The third-order valence-corrected chi connectivity index (χ3v) is 3.67. The number of esters is 1. The number of nitrogens with zero attached hydrogens (tertiary/aromatic N) is 1. The lowest BCUT2D eigenvalue weighted by molar-refractivity contribution is -0.163. The first-order valence-corrected chi connectivity index (χ1v) is 8.09. The molecule has 132 valence electrons. The van der Waals surface area contributed by atoms with Gasteiger partial charge in [-0.1, -0.05) is 0 Å². The molecule has 1 aliphatic heterocycles. The van der Waals surface area contributed by atoms with Gasteiger partial charge < -0.3 is 19.1 Å². The van der Waals surface area contributed by atoms with Gasteiger partial charge in [0.1, 0.15) is 23.1 Å². The zero-order valence-electron chi connectivity index (χ0n) is 14.7. The van der Waals surface area contributed by atoms with Crippen molar-refractivity contribution in [1.82, 2.24) is 4.90 Å². The average Bonchev–Trinajstić information content (AvgIpc) is 3.01. The van der Waals surface area contributed by atoms with E-state index in [0.717, 1.165) is 12.2 Å². The van der Waals surface area contributed by atoms with Crippen molar-refractivity contribution in [1.29, 1.82) is 0 Å². The average molecular weight is 335 g/mol. The van der Waals surface area contributed by atoms with Gasteiger partial charge in [0.05, 0.1) is 7.11 Å². The Kier molecular flexibility index (Phi) is 5.70. The Balaban J connectivity index is 1.91. The first kappa shape index (κ1) is 18.1. The quantitative estimate of drug-likeness (QED) is 0.773. The maximum absolute atomic E-state index is 12.4. The molecule has 2 rings (SSSR count). The maximum atomic E-state index is 12.4. The fourth-order valence-electron chi connectivity index (χ4n) is 2.58. The van der Waals surface area contributed by atoms with E-state index in [1.54, 1.807) is 36.3 Å². The summed E-state index contributed by atoms with van der Waals surface area (Å²) in [7, 11) is 1.59. The highest BCUT2D eigenvalue weighted by atomic mass is 16.6. The molecule has 0 bridgehead atoms. The van der Waals surface area contributed by atoms with Gasteiger partial charge in [0.15, 0.2) is 6.61 Å². The van der Waals surface area contributed by atoms with Gasteiger partial charge in [-0.25, -0.2) is 4.79 Å². The molecule has 1 aromatic rings. The van der Waals surface area contributed by atoms with E-state index in [-0.39, 0.29) is 18.5 Å². The largest absolute Gasteiger partial charge is 0.497 e. The summed E-state index contributed by atoms with van der Waals surface area (Å²) in [5.74, 6) is 0.743. The van der Waals surface area contributed by atoms with Gasteiger partial charge in [-0.3, -0.25) is 4.79 Å². The number of ether oxygens (including phenoxy) is 3. The standard InChI is InChI=1S/C18H25NO5/c1-18(2,3)24-17(21)15-6-5-11-19(15)16(20)12-23-14-9-7-13(22-4)8-10-14/h7-10,15H,5-6,11-12H2,1-4H3/t15-/m1/s1. The molecule has 1 aromatic carbocycles. The van der Waals surface area contributed by atoms with Crippen molar-refractivity contribution in [2.45, 2.75) is 45.3 Å². The number of methoxy groups -OCH3 is 1. The lowest BCUT2D eigenvalue weighted by Crippen LogP contribution is -2.45. The summed E-state index contributed by atoms with van der Waals surface area (Å²) in [5.41, 5.74) is -0.562. The van der Waals surface area contributed by atoms with Crippen molar-refractivity contribution in [3.8, 4) is 11.5 Å². The molecule has 6 heteroatoms. The minimum absolute atomic E-state index is 0.106. The minimum Gasteiger partial charge on any atom is -0.497 e. The summed E-state index contributed by atoms with van der Waals surface area (Å²) in [4.78, 5) is 26.2. The summed E-state index contributed by atoms with van der Waals surface area (Å²) in [6, 6.07) is 6.48. The number of benzene rings is 1. The van der Waals surface area contributed by atoms with Crippen molar-refractivity contribution >= 4 is 11.9 Å². The van der Waals surface area contributed by atoms with E-state index in [4.69, 9.17) is 14.2 Å². The second kappa shape index (κ2) is 7.55. The van der Waals surface area contributed by atoms with Gasteiger partial charge >= 0.3 is 5.97 Å². The van der Waals surface area contributed by atoms with Crippen LogP contribution in [0.5, 0.6) is 11.5 Å². The lowest BCUT2D eigenvalue weighted by Gasteiger charge is -2.27. The van der Waals surface area contributed by atoms with Crippen molar-refractivity contribution in [3.05, 3.63) is 24.3 Å². The van der Waals surface area contributed by atoms with Crippen LogP contribution in [0.3, 0.4) is 0 Å². The minimum atomic E-state index is -0.562. The van der Waals surface area contributed by atoms with Crippen LogP contribution in [-0.4, -0.2) is 48.7 Å². The Morgan fingerprint density at radius 1 is 1.17 bits per heavy atom. The smallest absolute Gasteiger partial charge is 0.329 e. The number of hydrogen-bond donors (Lipinski definition) is 0. The van der Waals surface area contributed by atoms with Gasteiger partial charge in [0, 0.05) is 6.54 Å². The highest BCUT2D eigenvalue weighted by molar-refractivity contribution is 5.86. The monoisotopic (exact) mass is 335 g/mol. The molecule has 0 saturated carbocycles. The SMILES string of the molecule is COc1ccc(OCC(=O)N2CCC[C@@H]2C(=O)OC(C)(C)C)cc1. The van der Waals surface area contributed by atoms with Gasteiger partial charge in [-0.15, -0.1) is 0 Å². The molecule has 0 spiro atoms. The molecule has 1 aliphatic rings. The van der Waals surface area contributed by atoms with Crippen molar-refractivity contribution < 1.29 is 23.8 Å². The number of hydrogen-bond acceptors (Lipinski definition) is 5. The van der Waals surface area contributed by atoms with Crippen LogP contribution in [0.1, 0.15) is 33.6 Å². The molecule has 24 heavy (non-hydrogen) atoms. The molecule has 6 nitrogen and oxygen atoms in total. The number of rotatable bonds is 5. The Bertz CT molecular complexity index is 576. The van der Waals surface area contributed by atoms with Crippen LogP contribution in [0, 0.1) is 0 Å². The Hall–Kier alpha value is -2.24. The highest BCUT2D eigenvalue weighted by Gasteiger charge is 2.36. The molecule has 0 N–H and O–H groups in total. The molecule has 1 heterocycles. The van der Waals surface area contributed by atoms with E-state index in [2.05, 4.69) is 0 Å². The molecule has 0 aromatic heterocycles. The molecule has 0 radical (unpaired) electrons. The van der Waals surface area contributed by atoms with E-state index in [0.29, 0.717) is 18.7 Å². The predicted octanol–water partition coefficient (Wildman–Crippen LogP) is 2.41. The summed E-state index contributed by atoms with van der Waals surface area (Å²) in [5, 5.41) is 0. The van der Waals surface area contributed by atoms with Gasteiger partial charge in [-0.2, -0.15) is 0 Å². The third kappa shape index (κ3) is 4.88. The third-order valence-electron chi connectivity index (χ3n) is 3.67. The predicted molar refractivity (Wildman–Crippen MR) is 89.1 cm³/mol. The molecule has 0 aliphatic carbocycles. The van der Waals surface area contributed by atoms with Crippen molar-refractivity contribution in [2.75, 3.05) is 20.3 Å². The second-order valence-electron chi connectivity index (χ2n) is 6.74. The highest BCUT2D eigenvalue weighted by Crippen LogP contribution is 2.22. The fourth-order valence-corrected chi connectivity index (χ4v) is 2.58. The zero-order chi connectivity index (χ0) is 17.7. The van der Waals surface area contributed by atoms with Crippen LogP contribution in [0.2, 0.25) is 0 Å². The van der Waals surface area contributed by atoms with Crippen LogP contribution in [-0.2, 0) is 14.3 Å².